The molecule has 0 aliphatic carbocycles. The standard InChI is InChI=1S/C23H28F3N5O4.C4H10O/c1-15-19(11-18(13-27-15)29-22(33)31-3-2-17(14-31)23(24,25)26)16-10-20(30-4-7-34-8-5-30)21(28-12-16)35-9-6-32;1-3-5-4-2/h10-13,17,32H,2-9,14H2,1H3,(H,29,33);3-4H2,1-2H3. The molecule has 0 spiro atoms. The lowest BCUT2D eigenvalue weighted by Crippen LogP contribution is -2.36. The maximum atomic E-state index is 13.0. The number of carbonyl (C=O) groups excluding carboxylic acids is 1. The van der Waals surface area contributed by atoms with Crippen LogP contribution in [0.2, 0.25) is 0 Å². The van der Waals surface area contributed by atoms with Crippen LogP contribution in [0.1, 0.15) is 26.0 Å². The first-order chi connectivity index (χ1) is 19.2. The molecule has 10 nitrogen and oxygen atoms in total. The summed E-state index contributed by atoms with van der Waals surface area (Å²) in [5, 5.41) is 11.8. The average Bonchev–Trinajstić information content (AvgIpc) is 3.46. The quantitative estimate of drug-likeness (QED) is 0.489. The Bertz CT molecular complexity index is 1100. The number of aliphatic hydroxyl groups excluding tert-OH is 1. The van der Waals surface area contributed by atoms with Gasteiger partial charge >= 0.3 is 12.2 Å². The van der Waals surface area contributed by atoms with Crippen molar-refractivity contribution in [3.8, 4) is 17.0 Å². The first kappa shape index (κ1) is 31.4. The molecule has 2 saturated heterocycles. The van der Waals surface area contributed by atoms with Gasteiger partial charge in [0.15, 0.2) is 0 Å². The van der Waals surface area contributed by atoms with Gasteiger partial charge in [0.2, 0.25) is 5.88 Å². The number of morpholine rings is 1. The van der Waals surface area contributed by atoms with Gasteiger partial charge in [0.25, 0.3) is 0 Å². The Morgan fingerprint density at radius 3 is 2.48 bits per heavy atom. The third-order valence-corrected chi connectivity index (χ3v) is 6.51. The predicted octanol–water partition coefficient (Wildman–Crippen LogP) is 4.12. The maximum absolute atomic E-state index is 13.0. The van der Waals surface area contributed by atoms with E-state index >= 15 is 0 Å². The number of ether oxygens (including phenoxy) is 3. The van der Waals surface area contributed by atoms with Crippen molar-refractivity contribution in [3.63, 3.8) is 0 Å². The molecule has 1 atom stereocenters. The molecule has 0 radical (unpaired) electrons. The van der Waals surface area contributed by atoms with Crippen LogP contribution in [0.4, 0.5) is 29.3 Å². The molecule has 2 aliphatic heterocycles. The molecule has 1 unspecified atom stereocenters. The first-order valence-corrected chi connectivity index (χ1v) is 13.4. The highest BCUT2D eigenvalue weighted by Gasteiger charge is 2.44. The summed E-state index contributed by atoms with van der Waals surface area (Å²) in [4.78, 5) is 24.6. The van der Waals surface area contributed by atoms with Gasteiger partial charge in [0.05, 0.1) is 37.6 Å². The summed E-state index contributed by atoms with van der Waals surface area (Å²) in [6.45, 7) is 9.59. The number of rotatable bonds is 8. The molecule has 4 rings (SSSR count). The second kappa shape index (κ2) is 15.0. The minimum Gasteiger partial charge on any atom is -0.474 e. The van der Waals surface area contributed by atoms with E-state index in [9.17, 15) is 18.0 Å². The monoisotopic (exact) mass is 569 g/mol. The fourth-order valence-corrected chi connectivity index (χ4v) is 4.38. The number of aliphatic hydroxyl groups is 1. The van der Waals surface area contributed by atoms with Crippen LogP contribution < -0.4 is 15.0 Å². The van der Waals surface area contributed by atoms with E-state index in [0.717, 1.165) is 24.5 Å². The van der Waals surface area contributed by atoms with E-state index in [0.29, 0.717) is 49.1 Å². The largest absolute Gasteiger partial charge is 0.474 e. The van der Waals surface area contributed by atoms with Gasteiger partial charge in [0, 0.05) is 62.4 Å². The Balaban J connectivity index is 0.000000810. The van der Waals surface area contributed by atoms with Gasteiger partial charge in [-0.2, -0.15) is 13.2 Å². The van der Waals surface area contributed by atoms with Crippen LogP contribution >= 0.6 is 0 Å². The lowest BCUT2D eigenvalue weighted by Gasteiger charge is -2.30. The van der Waals surface area contributed by atoms with Crippen LogP contribution in [0.5, 0.6) is 5.88 Å². The van der Waals surface area contributed by atoms with Gasteiger partial charge in [-0.3, -0.25) is 4.98 Å². The SMILES string of the molecule is CCOCC.Cc1ncc(NC(=O)N2CCC(C(F)(F)F)C2)cc1-c1cnc(OCCO)c(N2CCOCC2)c1. The van der Waals surface area contributed by atoms with Gasteiger partial charge in [-0.25, -0.2) is 9.78 Å². The van der Waals surface area contributed by atoms with Crippen molar-refractivity contribution < 1.29 is 37.3 Å². The Morgan fingerprint density at radius 2 is 1.88 bits per heavy atom. The van der Waals surface area contributed by atoms with Crippen LogP contribution in [-0.4, -0.2) is 98.0 Å². The predicted molar refractivity (Wildman–Crippen MR) is 145 cm³/mol. The molecular weight excluding hydrogens is 531 g/mol. The number of nitrogens with one attached hydrogen (secondary N) is 1. The Labute approximate surface area is 232 Å². The Hall–Kier alpha value is -3.16. The van der Waals surface area contributed by atoms with Crippen molar-refractivity contribution in [2.75, 3.05) is 76.0 Å². The number of hydrogen-bond donors (Lipinski definition) is 2. The number of nitrogens with zero attached hydrogens (tertiary/aromatic N) is 4. The fraction of sp³-hybridized carbons (Fsp3) is 0.593. The minimum absolute atomic E-state index is 0.0459. The van der Waals surface area contributed by atoms with Gasteiger partial charge < -0.3 is 34.4 Å². The average molecular weight is 570 g/mol. The molecule has 2 aromatic rings. The van der Waals surface area contributed by atoms with E-state index < -0.39 is 18.1 Å². The molecule has 2 N–H and O–H groups in total. The smallest absolute Gasteiger partial charge is 0.393 e. The molecule has 0 saturated carbocycles. The summed E-state index contributed by atoms with van der Waals surface area (Å²) >= 11 is 0. The summed E-state index contributed by atoms with van der Waals surface area (Å²) in [7, 11) is 0. The van der Waals surface area contributed by atoms with Gasteiger partial charge in [0.1, 0.15) is 12.3 Å². The molecule has 0 aromatic carbocycles. The number of hydrogen-bond acceptors (Lipinski definition) is 8. The number of aromatic nitrogens is 2. The van der Waals surface area contributed by atoms with E-state index in [1.807, 2.05) is 26.8 Å². The molecule has 0 bridgehead atoms. The highest BCUT2D eigenvalue weighted by molar-refractivity contribution is 5.90. The summed E-state index contributed by atoms with van der Waals surface area (Å²) < 4.78 is 54.8. The van der Waals surface area contributed by atoms with Crippen molar-refractivity contribution in [2.24, 2.45) is 5.92 Å². The van der Waals surface area contributed by atoms with Crippen LogP contribution in [0.3, 0.4) is 0 Å². The molecule has 2 amide bonds. The highest BCUT2D eigenvalue weighted by Crippen LogP contribution is 2.35. The zero-order valence-electron chi connectivity index (χ0n) is 23.2. The molecule has 4 heterocycles. The number of likely N-dealkylation sites (tertiary alicyclic amines) is 1. The van der Waals surface area contributed by atoms with Gasteiger partial charge in [-0.15, -0.1) is 0 Å². The Morgan fingerprint density at radius 1 is 1.15 bits per heavy atom. The van der Waals surface area contributed by atoms with Gasteiger partial charge in [-0.05, 0) is 39.3 Å². The van der Waals surface area contributed by atoms with Crippen LogP contribution in [0.25, 0.3) is 11.1 Å². The first-order valence-electron chi connectivity index (χ1n) is 13.4. The van der Waals surface area contributed by atoms with Gasteiger partial charge in [-0.1, -0.05) is 0 Å². The molecular formula is C27H38F3N5O5. The van der Waals surface area contributed by atoms with Crippen molar-refractivity contribution >= 4 is 17.4 Å². The number of amides is 2. The summed E-state index contributed by atoms with van der Waals surface area (Å²) in [6.07, 6.45) is -1.31. The van der Waals surface area contributed by atoms with E-state index in [4.69, 9.17) is 19.3 Å². The van der Waals surface area contributed by atoms with E-state index in [2.05, 4.69) is 20.2 Å². The van der Waals surface area contributed by atoms with Crippen LogP contribution in [0, 0.1) is 12.8 Å². The van der Waals surface area contributed by atoms with Crippen molar-refractivity contribution in [1.29, 1.82) is 0 Å². The molecule has 40 heavy (non-hydrogen) atoms. The second-order valence-electron chi connectivity index (χ2n) is 9.26. The minimum atomic E-state index is -4.31. The molecule has 222 valence electrons. The van der Waals surface area contributed by atoms with E-state index in [1.54, 1.807) is 12.3 Å². The number of halogens is 3. The van der Waals surface area contributed by atoms with Crippen molar-refractivity contribution in [1.82, 2.24) is 14.9 Å². The number of urea groups is 1. The molecule has 13 heteroatoms. The highest BCUT2D eigenvalue weighted by atomic mass is 19.4. The zero-order valence-corrected chi connectivity index (χ0v) is 23.2. The third-order valence-electron chi connectivity index (χ3n) is 6.51. The summed E-state index contributed by atoms with van der Waals surface area (Å²) in [6, 6.07) is 3.05. The lowest BCUT2D eigenvalue weighted by molar-refractivity contribution is -0.169. The van der Waals surface area contributed by atoms with E-state index in [-0.39, 0.29) is 32.7 Å². The zero-order chi connectivity index (χ0) is 29.1. The lowest BCUT2D eigenvalue weighted by atomic mass is 10.0. The van der Waals surface area contributed by atoms with Crippen LogP contribution in [-0.2, 0) is 9.47 Å². The molecule has 2 aliphatic rings. The van der Waals surface area contributed by atoms with Crippen molar-refractivity contribution in [2.45, 2.75) is 33.4 Å². The third kappa shape index (κ3) is 8.67. The Kier molecular flexibility index (Phi) is 11.8. The molecule has 2 fully saturated rings. The number of alkyl halides is 3. The summed E-state index contributed by atoms with van der Waals surface area (Å²) in [5.74, 6) is -1.11. The number of carbonyl (C=O) groups is 1. The molecule has 2 aromatic heterocycles. The summed E-state index contributed by atoms with van der Waals surface area (Å²) in [5.41, 5.74) is 3.28. The fourth-order valence-electron chi connectivity index (χ4n) is 4.38. The van der Waals surface area contributed by atoms with Crippen molar-refractivity contribution in [3.05, 3.63) is 30.2 Å². The number of aryl methyl sites for hydroxylation is 1. The van der Waals surface area contributed by atoms with Crippen LogP contribution in [0.15, 0.2) is 24.5 Å². The number of anilines is 2. The van der Waals surface area contributed by atoms with E-state index in [1.165, 1.54) is 11.1 Å². The maximum Gasteiger partial charge on any atom is 0.393 e. The second-order valence-corrected chi connectivity index (χ2v) is 9.26. The normalized spacial score (nSPS) is 17.3. The topological polar surface area (TPSA) is 109 Å². The number of pyridine rings is 2.